The molecule has 0 unspecified atom stereocenters. The zero-order valence-corrected chi connectivity index (χ0v) is 9.56. The minimum atomic E-state index is -3.80. The molecule has 0 saturated heterocycles. The van der Waals surface area contributed by atoms with Crippen molar-refractivity contribution in [3.8, 4) is 5.75 Å². The van der Waals surface area contributed by atoms with Crippen molar-refractivity contribution in [3.05, 3.63) is 23.3 Å². The Hall–Kier alpha value is -0.780. The van der Waals surface area contributed by atoms with Gasteiger partial charge < -0.3 is 9.47 Å². The van der Waals surface area contributed by atoms with Crippen LogP contribution < -0.4 is 4.74 Å². The van der Waals surface area contributed by atoms with Crippen LogP contribution in [0.4, 0.5) is 0 Å². The van der Waals surface area contributed by atoms with Crippen LogP contribution in [0.15, 0.2) is 17.0 Å². The van der Waals surface area contributed by atoms with Crippen LogP contribution in [-0.2, 0) is 27.0 Å². The van der Waals surface area contributed by atoms with E-state index in [1.54, 1.807) is 12.1 Å². The van der Waals surface area contributed by atoms with Crippen molar-refractivity contribution < 1.29 is 17.9 Å². The third kappa shape index (κ3) is 1.82. The van der Waals surface area contributed by atoms with Crippen molar-refractivity contribution in [1.29, 1.82) is 0 Å². The van der Waals surface area contributed by atoms with E-state index >= 15 is 0 Å². The molecule has 2 rings (SSSR count). The maximum Gasteiger partial charge on any atom is 0.265 e. The molecule has 0 aliphatic carbocycles. The van der Waals surface area contributed by atoms with Gasteiger partial charge in [0.2, 0.25) is 0 Å². The van der Waals surface area contributed by atoms with E-state index in [-0.39, 0.29) is 17.3 Å². The lowest BCUT2D eigenvalue weighted by Crippen LogP contribution is -2.01. The number of hydrogen-bond acceptors (Lipinski definition) is 4. The Bertz CT molecular complexity index is 495. The number of halogens is 1. The first kappa shape index (κ1) is 10.7. The molecular weight excluding hydrogens is 240 g/mol. The highest BCUT2D eigenvalue weighted by molar-refractivity contribution is 8.13. The number of hydrogen-bond donors (Lipinski definition) is 0. The summed E-state index contributed by atoms with van der Waals surface area (Å²) in [5, 5.41) is 0. The topological polar surface area (TPSA) is 52.6 Å². The van der Waals surface area contributed by atoms with E-state index in [4.69, 9.17) is 20.2 Å². The highest BCUT2D eigenvalue weighted by atomic mass is 35.7. The van der Waals surface area contributed by atoms with Crippen LogP contribution in [0.25, 0.3) is 0 Å². The van der Waals surface area contributed by atoms with Gasteiger partial charge in [0.05, 0.1) is 20.3 Å². The van der Waals surface area contributed by atoms with Crippen molar-refractivity contribution in [2.75, 3.05) is 7.11 Å². The average molecular weight is 249 g/mol. The van der Waals surface area contributed by atoms with Crippen molar-refractivity contribution >= 4 is 19.7 Å². The molecule has 0 atom stereocenters. The van der Waals surface area contributed by atoms with E-state index in [0.29, 0.717) is 12.2 Å². The predicted molar refractivity (Wildman–Crippen MR) is 54.5 cm³/mol. The SMILES string of the molecule is COc1ccc2c(c1S(=O)(=O)Cl)COC2. The fourth-order valence-electron chi connectivity index (χ4n) is 1.63. The van der Waals surface area contributed by atoms with Gasteiger partial charge in [-0.05, 0) is 11.6 Å². The molecule has 0 bridgehead atoms. The first-order valence-electron chi connectivity index (χ1n) is 4.25. The van der Waals surface area contributed by atoms with E-state index in [2.05, 4.69) is 0 Å². The molecule has 6 heteroatoms. The second-order valence-electron chi connectivity index (χ2n) is 3.17. The first-order valence-corrected chi connectivity index (χ1v) is 6.56. The summed E-state index contributed by atoms with van der Waals surface area (Å²) in [6, 6.07) is 3.37. The molecule has 1 heterocycles. The van der Waals surface area contributed by atoms with Gasteiger partial charge in [0.1, 0.15) is 10.6 Å². The van der Waals surface area contributed by atoms with Crippen LogP contribution in [0.3, 0.4) is 0 Å². The molecule has 0 fully saturated rings. The molecule has 1 aliphatic rings. The van der Waals surface area contributed by atoms with Crippen LogP contribution in [-0.4, -0.2) is 15.5 Å². The number of methoxy groups -OCH3 is 1. The number of rotatable bonds is 2. The lowest BCUT2D eigenvalue weighted by molar-refractivity contribution is 0.133. The molecule has 4 nitrogen and oxygen atoms in total. The molecule has 1 aromatic rings. The maximum atomic E-state index is 11.4. The predicted octanol–water partition coefficient (Wildman–Crippen LogP) is 1.65. The zero-order valence-electron chi connectivity index (χ0n) is 7.99. The molecule has 0 radical (unpaired) electrons. The van der Waals surface area contributed by atoms with Crippen molar-refractivity contribution in [2.24, 2.45) is 0 Å². The van der Waals surface area contributed by atoms with E-state index in [9.17, 15) is 8.42 Å². The molecule has 0 saturated carbocycles. The summed E-state index contributed by atoms with van der Waals surface area (Å²) < 4.78 is 33.0. The number of ether oxygens (including phenoxy) is 2. The fourth-order valence-corrected chi connectivity index (χ4v) is 3.02. The standard InChI is InChI=1S/C9H9ClO4S/c1-13-8-3-2-6-4-14-5-7(6)9(8)15(10,11)12/h2-3H,4-5H2,1H3. The van der Waals surface area contributed by atoms with Crippen molar-refractivity contribution in [1.82, 2.24) is 0 Å². The minimum Gasteiger partial charge on any atom is -0.495 e. The molecule has 82 valence electrons. The molecular formula is C9H9ClO4S. The molecule has 0 spiro atoms. The van der Waals surface area contributed by atoms with Crippen LogP contribution in [0.5, 0.6) is 5.75 Å². The van der Waals surface area contributed by atoms with Gasteiger partial charge in [-0.15, -0.1) is 0 Å². The molecule has 0 aromatic heterocycles. The van der Waals surface area contributed by atoms with E-state index in [1.807, 2.05) is 0 Å². The molecule has 0 amide bonds. The van der Waals surface area contributed by atoms with E-state index < -0.39 is 9.05 Å². The number of benzene rings is 1. The largest absolute Gasteiger partial charge is 0.495 e. The Morgan fingerprint density at radius 1 is 1.40 bits per heavy atom. The third-order valence-electron chi connectivity index (χ3n) is 2.29. The van der Waals surface area contributed by atoms with Gasteiger partial charge >= 0.3 is 0 Å². The van der Waals surface area contributed by atoms with Gasteiger partial charge in [0, 0.05) is 16.2 Å². The van der Waals surface area contributed by atoms with E-state index in [1.165, 1.54) is 7.11 Å². The maximum absolute atomic E-state index is 11.4. The Labute approximate surface area is 92.2 Å². The smallest absolute Gasteiger partial charge is 0.265 e. The second-order valence-corrected chi connectivity index (χ2v) is 5.67. The lowest BCUT2D eigenvalue weighted by Gasteiger charge is -2.09. The van der Waals surface area contributed by atoms with Crippen LogP contribution in [0, 0.1) is 0 Å². The van der Waals surface area contributed by atoms with Gasteiger partial charge in [-0.3, -0.25) is 0 Å². The summed E-state index contributed by atoms with van der Waals surface area (Å²) in [7, 11) is 2.97. The number of fused-ring (bicyclic) bond motifs is 1. The Kier molecular flexibility index (Phi) is 2.62. The lowest BCUT2D eigenvalue weighted by atomic mass is 10.1. The highest BCUT2D eigenvalue weighted by Gasteiger charge is 2.26. The normalized spacial score (nSPS) is 15.1. The summed E-state index contributed by atoms with van der Waals surface area (Å²) >= 11 is 0. The van der Waals surface area contributed by atoms with Gasteiger partial charge in [-0.1, -0.05) is 6.07 Å². The molecule has 1 aliphatic heterocycles. The molecule has 0 N–H and O–H groups in total. The second kappa shape index (κ2) is 3.66. The molecule has 15 heavy (non-hydrogen) atoms. The van der Waals surface area contributed by atoms with E-state index in [0.717, 1.165) is 5.56 Å². The minimum absolute atomic E-state index is 0.0293. The highest BCUT2D eigenvalue weighted by Crippen LogP contribution is 2.36. The Morgan fingerprint density at radius 2 is 2.13 bits per heavy atom. The summed E-state index contributed by atoms with van der Waals surface area (Å²) in [6.07, 6.45) is 0. The van der Waals surface area contributed by atoms with Crippen LogP contribution in [0.1, 0.15) is 11.1 Å². The Morgan fingerprint density at radius 3 is 2.73 bits per heavy atom. The van der Waals surface area contributed by atoms with Gasteiger partial charge in [0.25, 0.3) is 9.05 Å². The Balaban J connectivity index is 2.74. The van der Waals surface area contributed by atoms with Crippen molar-refractivity contribution in [3.63, 3.8) is 0 Å². The fraction of sp³-hybridized carbons (Fsp3) is 0.333. The van der Waals surface area contributed by atoms with Crippen LogP contribution >= 0.6 is 10.7 Å². The van der Waals surface area contributed by atoms with Gasteiger partial charge in [-0.2, -0.15) is 0 Å². The first-order chi connectivity index (χ1) is 7.04. The van der Waals surface area contributed by atoms with Crippen molar-refractivity contribution in [2.45, 2.75) is 18.1 Å². The zero-order chi connectivity index (χ0) is 11.1. The van der Waals surface area contributed by atoms with Gasteiger partial charge in [-0.25, -0.2) is 8.42 Å². The quantitative estimate of drug-likeness (QED) is 0.747. The summed E-state index contributed by atoms with van der Waals surface area (Å²) in [5.74, 6) is 0.259. The molecule has 1 aromatic carbocycles. The summed E-state index contributed by atoms with van der Waals surface area (Å²) in [5.41, 5.74) is 1.44. The summed E-state index contributed by atoms with van der Waals surface area (Å²) in [6.45, 7) is 0.673. The monoisotopic (exact) mass is 248 g/mol. The third-order valence-corrected chi connectivity index (χ3v) is 3.69. The average Bonchev–Trinajstić information content (AvgIpc) is 2.61. The summed E-state index contributed by atoms with van der Waals surface area (Å²) in [4.78, 5) is 0.0293. The van der Waals surface area contributed by atoms with Crippen LogP contribution in [0.2, 0.25) is 0 Å². The van der Waals surface area contributed by atoms with Gasteiger partial charge in [0.15, 0.2) is 0 Å².